The third-order valence-electron chi connectivity index (χ3n) is 4.39. The molecule has 0 fully saturated rings. The third-order valence-corrected chi connectivity index (χ3v) is 4.39. The topological polar surface area (TPSA) is 107 Å². The monoisotopic (exact) mass is 354 g/mol. The number of nitrogens with zero attached hydrogens (tertiary/aromatic N) is 4. The summed E-state index contributed by atoms with van der Waals surface area (Å²) in [6, 6.07) is 7.44. The van der Waals surface area contributed by atoms with E-state index in [0.29, 0.717) is 5.78 Å². The van der Waals surface area contributed by atoms with Gasteiger partial charge in [-0.2, -0.15) is 9.50 Å². The van der Waals surface area contributed by atoms with E-state index in [-0.39, 0.29) is 24.3 Å². The van der Waals surface area contributed by atoms with E-state index in [2.05, 4.69) is 20.4 Å². The molecule has 0 bridgehead atoms. The maximum atomic E-state index is 12.6. The molecule has 0 radical (unpaired) electrons. The summed E-state index contributed by atoms with van der Waals surface area (Å²) in [5, 5.41) is 7.14. The first-order chi connectivity index (χ1) is 12.4. The van der Waals surface area contributed by atoms with Gasteiger partial charge in [0.25, 0.3) is 5.78 Å². The molecule has 0 unspecified atom stereocenters. The van der Waals surface area contributed by atoms with Crippen molar-refractivity contribution in [3.05, 3.63) is 46.8 Å². The van der Waals surface area contributed by atoms with Gasteiger partial charge in [0.15, 0.2) is 0 Å². The van der Waals surface area contributed by atoms with Crippen LogP contribution in [0.25, 0.3) is 5.78 Å². The van der Waals surface area contributed by atoms with Crippen LogP contribution in [-0.2, 0) is 11.2 Å². The van der Waals surface area contributed by atoms with Crippen molar-refractivity contribution < 1.29 is 9.53 Å². The van der Waals surface area contributed by atoms with Crippen LogP contribution in [-0.4, -0.2) is 32.6 Å². The summed E-state index contributed by atoms with van der Waals surface area (Å²) in [7, 11) is 1.62. The first-order valence-corrected chi connectivity index (χ1v) is 8.31. The standard InChI is InChI=1S/C18H22N6O2/c1-10(13-7-5-6-8-15(13)26-4)20-16(25)9-14-11(2)21-18-22-17(19)23-24(18)12(14)3/h5-8,10H,9H2,1-4H3,(H2,19,23)(H,20,25)/t10-/m1/s1. The molecule has 1 atom stereocenters. The van der Waals surface area contributed by atoms with Crippen LogP contribution in [0.1, 0.15) is 35.5 Å². The number of nitrogen functional groups attached to an aromatic ring is 1. The molecule has 0 saturated carbocycles. The van der Waals surface area contributed by atoms with E-state index < -0.39 is 0 Å². The molecule has 0 aliphatic carbocycles. The highest BCUT2D eigenvalue weighted by Gasteiger charge is 2.18. The number of aromatic nitrogens is 4. The van der Waals surface area contributed by atoms with Crippen LogP contribution < -0.4 is 15.8 Å². The maximum absolute atomic E-state index is 12.6. The highest BCUT2D eigenvalue weighted by Crippen LogP contribution is 2.24. The fourth-order valence-electron chi connectivity index (χ4n) is 3.03. The number of fused-ring (bicyclic) bond motifs is 1. The largest absolute Gasteiger partial charge is 0.496 e. The second-order valence-corrected chi connectivity index (χ2v) is 6.15. The van der Waals surface area contributed by atoms with E-state index in [0.717, 1.165) is 28.3 Å². The third kappa shape index (κ3) is 3.30. The zero-order chi connectivity index (χ0) is 18.8. The number of carbonyl (C=O) groups is 1. The van der Waals surface area contributed by atoms with E-state index >= 15 is 0 Å². The summed E-state index contributed by atoms with van der Waals surface area (Å²) in [6.07, 6.45) is 0.194. The van der Waals surface area contributed by atoms with Crippen molar-refractivity contribution in [2.75, 3.05) is 12.8 Å². The molecule has 8 heteroatoms. The lowest BCUT2D eigenvalue weighted by molar-refractivity contribution is -0.121. The lowest BCUT2D eigenvalue weighted by Gasteiger charge is -2.18. The Balaban J connectivity index is 1.81. The molecule has 0 aliphatic rings. The van der Waals surface area contributed by atoms with Gasteiger partial charge in [0, 0.05) is 22.5 Å². The minimum Gasteiger partial charge on any atom is -0.496 e. The highest BCUT2D eigenvalue weighted by atomic mass is 16.5. The van der Waals surface area contributed by atoms with Gasteiger partial charge in [-0.05, 0) is 26.8 Å². The maximum Gasteiger partial charge on any atom is 0.254 e. The number of carbonyl (C=O) groups excluding carboxylic acids is 1. The Hall–Kier alpha value is -3.16. The smallest absolute Gasteiger partial charge is 0.254 e. The number of nitrogens with one attached hydrogen (secondary N) is 1. The summed E-state index contributed by atoms with van der Waals surface area (Å²) in [5.41, 5.74) is 8.92. The molecule has 0 aliphatic heterocycles. The Morgan fingerprint density at radius 2 is 2.04 bits per heavy atom. The summed E-state index contributed by atoms with van der Waals surface area (Å²) >= 11 is 0. The van der Waals surface area contributed by atoms with Crippen molar-refractivity contribution in [2.24, 2.45) is 0 Å². The van der Waals surface area contributed by atoms with Gasteiger partial charge in [-0.25, -0.2) is 4.98 Å². The lowest BCUT2D eigenvalue weighted by Crippen LogP contribution is -2.29. The van der Waals surface area contributed by atoms with Crippen LogP contribution in [0.15, 0.2) is 24.3 Å². The van der Waals surface area contributed by atoms with Gasteiger partial charge in [0.05, 0.1) is 19.6 Å². The Bertz CT molecular complexity index is 966. The zero-order valence-corrected chi connectivity index (χ0v) is 15.3. The molecular weight excluding hydrogens is 332 g/mol. The molecule has 0 saturated heterocycles. The molecule has 136 valence electrons. The van der Waals surface area contributed by atoms with Crippen molar-refractivity contribution in [3.8, 4) is 5.75 Å². The van der Waals surface area contributed by atoms with Gasteiger partial charge in [-0.15, -0.1) is 5.10 Å². The number of amides is 1. The number of rotatable bonds is 5. The average molecular weight is 354 g/mol. The Labute approximate surface area is 151 Å². The van der Waals surface area contributed by atoms with Gasteiger partial charge in [-0.3, -0.25) is 4.79 Å². The number of methoxy groups -OCH3 is 1. The molecule has 1 aromatic carbocycles. The van der Waals surface area contributed by atoms with Gasteiger partial charge in [-0.1, -0.05) is 18.2 Å². The van der Waals surface area contributed by atoms with Crippen LogP contribution in [0.2, 0.25) is 0 Å². The number of para-hydroxylation sites is 1. The van der Waals surface area contributed by atoms with Crippen LogP contribution >= 0.6 is 0 Å². The second-order valence-electron chi connectivity index (χ2n) is 6.15. The van der Waals surface area contributed by atoms with Crippen molar-refractivity contribution >= 4 is 17.6 Å². The summed E-state index contributed by atoms with van der Waals surface area (Å²) < 4.78 is 6.93. The number of hydrogen-bond donors (Lipinski definition) is 2. The average Bonchev–Trinajstić information content (AvgIpc) is 2.98. The summed E-state index contributed by atoms with van der Waals surface area (Å²) in [6.45, 7) is 5.65. The first kappa shape index (κ1) is 17.7. The highest BCUT2D eigenvalue weighted by molar-refractivity contribution is 5.79. The van der Waals surface area contributed by atoms with E-state index in [1.807, 2.05) is 45.0 Å². The van der Waals surface area contributed by atoms with Crippen LogP contribution in [0, 0.1) is 13.8 Å². The van der Waals surface area contributed by atoms with Gasteiger partial charge in [0.2, 0.25) is 11.9 Å². The molecule has 2 aromatic heterocycles. The Morgan fingerprint density at radius 1 is 1.31 bits per heavy atom. The Morgan fingerprint density at radius 3 is 2.77 bits per heavy atom. The fraction of sp³-hybridized carbons (Fsp3) is 0.333. The van der Waals surface area contributed by atoms with Gasteiger partial charge >= 0.3 is 0 Å². The number of ether oxygens (including phenoxy) is 1. The van der Waals surface area contributed by atoms with Crippen molar-refractivity contribution in [1.29, 1.82) is 0 Å². The molecule has 8 nitrogen and oxygen atoms in total. The van der Waals surface area contributed by atoms with Crippen LogP contribution in [0.4, 0.5) is 5.95 Å². The molecule has 3 aromatic rings. The molecule has 3 N–H and O–H groups in total. The summed E-state index contributed by atoms with van der Waals surface area (Å²) in [4.78, 5) is 21.0. The van der Waals surface area contributed by atoms with Crippen molar-refractivity contribution in [2.45, 2.75) is 33.2 Å². The van der Waals surface area contributed by atoms with Crippen molar-refractivity contribution in [3.63, 3.8) is 0 Å². The number of benzene rings is 1. The van der Waals surface area contributed by atoms with Crippen molar-refractivity contribution in [1.82, 2.24) is 24.9 Å². The number of aryl methyl sites for hydroxylation is 2. The fourth-order valence-corrected chi connectivity index (χ4v) is 3.03. The molecule has 1 amide bonds. The van der Waals surface area contributed by atoms with Crippen LogP contribution in [0.3, 0.4) is 0 Å². The number of anilines is 1. The molecule has 0 spiro atoms. The van der Waals surface area contributed by atoms with Crippen LogP contribution in [0.5, 0.6) is 5.75 Å². The molecule has 26 heavy (non-hydrogen) atoms. The van der Waals surface area contributed by atoms with E-state index in [4.69, 9.17) is 10.5 Å². The van der Waals surface area contributed by atoms with Gasteiger partial charge < -0.3 is 15.8 Å². The SMILES string of the molecule is COc1ccccc1[C@@H](C)NC(=O)Cc1c(C)nc2nc(N)nn2c1C. The second kappa shape index (κ2) is 6.99. The molecule has 2 heterocycles. The lowest BCUT2D eigenvalue weighted by atomic mass is 10.1. The number of nitrogens with two attached hydrogens (primary N) is 1. The predicted molar refractivity (Wildman–Crippen MR) is 97.9 cm³/mol. The molecular formula is C18H22N6O2. The predicted octanol–water partition coefficient (Wildman–Crippen LogP) is 1.75. The number of hydrogen-bond acceptors (Lipinski definition) is 6. The van der Waals surface area contributed by atoms with E-state index in [1.54, 1.807) is 11.6 Å². The molecule has 3 rings (SSSR count). The minimum atomic E-state index is -0.182. The van der Waals surface area contributed by atoms with E-state index in [9.17, 15) is 4.79 Å². The Kier molecular flexibility index (Phi) is 4.75. The zero-order valence-electron chi connectivity index (χ0n) is 15.3. The minimum absolute atomic E-state index is 0.108. The van der Waals surface area contributed by atoms with Gasteiger partial charge in [0.1, 0.15) is 5.75 Å². The summed E-state index contributed by atoms with van der Waals surface area (Å²) in [5.74, 6) is 1.23. The quantitative estimate of drug-likeness (QED) is 0.723. The van der Waals surface area contributed by atoms with E-state index in [1.165, 1.54) is 0 Å². The first-order valence-electron chi connectivity index (χ1n) is 8.31. The normalized spacial score (nSPS) is 12.2.